The van der Waals surface area contributed by atoms with Gasteiger partial charge < -0.3 is 19.5 Å². The zero-order valence-electron chi connectivity index (χ0n) is 14.3. The Labute approximate surface area is 142 Å². The van der Waals surface area contributed by atoms with Crippen LogP contribution in [0.15, 0.2) is 22.6 Å². The third-order valence-electron chi connectivity index (χ3n) is 4.72. The molecule has 1 saturated heterocycles. The van der Waals surface area contributed by atoms with E-state index in [4.69, 9.17) is 4.42 Å². The molecule has 2 fully saturated rings. The fourth-order valence-electron chi connectivity index (χ4n) is 3.03. The summed E-state index contributed by atoms with van der Waals surface area (Å²) in [6, 6.07) is 3.86. The highest BCUT2D eigenvalue weighted by molar-refractivity contribution is 5.91. The molecule has 6 heteroatoms. The smallest absolute Gasteiger partial charge is 0.317 e. The van der Waals surface area contributed by atoms with Crippen LogP contribution in [0.5, 0.6) is 0 Å². The minimum absolute atomic E-state index is 0.0386. The average molecular weight is 331 g/mol. The molecule has 2 heterocycles. The van der Waals surface area contributed by atoms with Gasteiger partial charge >= 0.3 is 6.03 Å². The lowest BCUT2D eigenvalue weighted by Crippen LogP contribution is -2.52. The number of hydrogen-bond acceptors (Lipinski definition) is 3. The summed E-state index contributed by atoms with van der Waals surface area (Å²) in [5.74, 6) is 2.95. The first kappa shape index (κ1) is 16.6. The van der Waals surface area contributed by atoms with Gasteiger partial charge in [0.15, 0.2) is 0 Å². The first-order valence-electron chi connectivity index (χ1n) is 8.68. The van der Waals surface area contributed by atoms with Gasteiger partial charge in [-0.25, -0.2) is 4.79 Å². The monoisotopic (exact) mass is 331 g/mol. The number of urea groups is 1. The molecule has 1 aliphatic carbocycles. The fourth-order valence-corrected chi connectivity index (χ4v) is 3.03. The highest BCUT2D eigenvalue weighted by Crippen LogP contribution is 2.47. The van der Waals surface area contributed by atoms with Crippen LogP contribution in [0, 0.1) is 5.92 Å². The number of hydrogen-bond donors (Lipinski definition) is 1. The second-order valence-corrected chi connectivity index (χ2v) is 6.54. The zero-order chi connectivity index (χ0) is 17.1. The quantitative estimate of drug-likeness (QED) is 0.861. The Morgan fingerprint density at radius 3 is 2.54 bits per heavy atom. The summed E-state index contributed by atoms with van der Waals surface area (Å²) >= 11 is 0. The molecule has 3 amide bonds. The summed E-state index contributed by atoms with van der Waals surface area (Å²) < 4.78 is 5.77. The van der Waals surface area contributed by atoms with E-state index in [2.05, 4.69) is 12.2 Å². The van der Waals surface area contributed by atoms with E-state index in [0.717, 1.165) is 11.5 Å². The normalized spacial score (nSPS) is 23.6. The molecule has 0 radical (unpaired) electrons. The first-order chi connectivity index (χ1) is 11.6. The SMILES string of the molecule is CCNC(=O)N1CCN(C(=O)/C=C/c2ccc(C3CC3C)o2)CC1. The van der Waals surface area contributed by atoms with Crippen molar-refractivity contribution in [2.45, 2.75) is 26.2 Å². The molecule has 2 atom stereocenters. The van der Waals surface area contributed by atoms with E-state index >= 15 is 0 Å². The van der Waals surface area contributed by atoms with Crippen molar-refractivity contribution in [1.82, 2.24) is 15.1 Å². The molecule has 2 aliphatic rings. The maximum Gasteiger partial charge on any atom is 0.317 e. The number of carbonyl (C=O) groups excluding carboxylic acids is 2. The number of piperazine rings is 1. The molecule has 130 valence electrons. The molecule has 2 unspecified atom stereocenters. The number of nitrogens with one attached hydrogen (secondary N) is 1. The number of amides is 3. The van der Waals surface area contributed by atoms with Crippen molar-refractivity contribution >= 4 is 18.0 Å². The Bertz CT molecular complexity index is 629. The van der Waals surface area contributed by atoms with Crippen molar-refractivity contribution in [3.05, 3.63) is 29.7 Å². The molecule has 1 aromatic rings. The molecule has 0 aromatic carbocycles. The number of nitrogens with zero attached hydrogens (tertiary/aromatic N) is 2. The number of rotatable bonds is 4. The summed E-state index contributed by atoms with van der Waals surface area (Å²) in [6.45, 7) is 6.98. The molecule has 1 aromatic heterocycles. The van der Waals surface area contributed by atoms with Gasteiger partial charge in [0.2, 0.25) is 5.91 Å². The van der Waals surface area contributed by atoms with Gasteiger partial charge in [-0.2, -0.15) is 0 Å². The van der Waals surface area contributed by atoms with Gasteiger partial charge in [-0.05, 0) is 37.5 Å². The third kappa shape index (κ3) is 3.80. The van der Waals surface area contributed by atoms with Crippen LogP contribution in [0.4, 0.5) is 4.79 Å². The van der Waals surface area contributed by atoms with E-state index < -0.39 is 0 Å². The van der Waals surface area contributed by atoms with E-state index in [-0.39, 0.29) is 11.9 Å². The Morgan fingerprint density at radius 1 is 1.25 bits per heavy atom. The molecule has 6 nitrogen and oxygen atoms in total. The van der Waals surface area contributed by atoms with Crippen LogP contribution in [0.25, 0.3) is 6.08 Å². The molecule has 3 rings (SSSR count). The second kappa shape index (κ2) is 7.11. The van der Waals surface area contributed by atoms with Crippen LogP contribution in [0.3, 0.4) is 0 Å². The van der Waals surface area contributed by atoms with Gasteiger partial charge in [0.25, 0.3) is 0 Å². The Hall–Kier alpha value is -2.24. The molecular weight excluding hydrogens is 306 g/mol. The van der Waals surface area contributed by atoms with E-state index in [1.54, 1.807) is 22.0 Å². The first-order valence-corrected chi connectivity index (χ1v) is 8.68. The largest absolute Gasteiger partial charge is 0.461 e. The summed E-state index contributed by atoms with van der Waals surface area (Å²) in [5, 5.41) is 2.78. The van der Waals surface area contributed by atoms with Crippen molar-refractivity contribution < 1.29 is 14.0 Å². The summed E-state index contributed by atoms with van der Waals surface area (Å²) in [4.78, 5) is 27.5. The van der Waals surface area contributed by atoms with Crippen LogP contribution >= 0.6 is 0 Å². The topological polar surface area (TPSA) is 65.8 Å². The van der Waals surface area contributed by atoms with Gasteiger partial charge in [-0.1, -0.05) is 6.92 Å². The van der Waals surface area contributed by atoms with Crippen molar-refractivity contribution in [1.29, 1.82) is 0 Å². The zero-order valence-corrected chi connectivity index (χ0v) is 14.3. The average Bonchev–Trinajstić information content (AvgIpc) is 3.13. The van der Waals surface area contributed by atoms with Crippen LogP contribution in [0.1, 0.15) is 37.7 Å². The lowest BCUT2D eigenvalue weighted by atomic mass is 10.2. The molecule has 0 spiro atoms. The van der Waals surface area contributed by atoms with Gasteiger partial charge in [0, 0.05) is 44.7 Å². The molecule has 24 heavy (non-hydrogen) atoms. The number of carbonyl (C=O) groups is 2. The summed E-state index contributed by atoms with van der Waals surface area (Å²) in [7, 11) is 0. The van der Waals surface area contributed by atoms with E-state index in [9.17, 15) is 9.59 Å². The Morgan fingerprint density at radius 2 is 1.92 bits per heavy atom. The van der Waals surface area contributed by atoms with Crippen molar-refractivity contribution in [2.24, 2.45) is 5.92 Å². The van der Waals surface area contributed by atoms with Crippen molar-refractivity contribution in [3.8, 4) is 0 Å². The van der Waals surface area contributed by atoms with Crippen molar-refractivity contribution in [2.75, 3.05) is 32.7 Å². The minimum atomic E-state index is -0.0578. The molecule has 1 aliphatic heterocycles. The molecule has 0 bridgehead atoms. The van der Waals surface area contributed by atoms with Crippen LogP contribution in [-0.4, -0.2) is 54.5 Å². The lowest BCUT2D eigenvalue weighted by Gasteiger charge is -2.34. The Kier molecular flexibility index (Phi) is 4.92. The predicted octanol–water partition coefficient (Wildman–Crippen LogP) is 2.29. The third-order valence-corrected chi connectivity index (χ3v) is 4.72. The van der Waals surface area contributed by atoms with Gasteiger partial charge in [0.1, 0.15) is 11.5 Å². The summed E-state index contributed by atoms with van der Waals surface area (Å²) in [5.41, 5.74) is 0. The maximum atomic E-state index is 12.3. The molecule has 1 N–H and O–H groups in total. The number of furan rings is 1. The molecular formula is C18H25N3O3. The maximum absolute atomic E-state index is 12.3. The van der Waals surface area contributed by atoms with Crippen LogP contribution in [0.2, 0.25) is 0 Å². The van der Waals surface area contributed by atoms with Gasteiger partial charge in [-0.15, -0.1) is 0 Å². The fraction of sp³-hybridized carbons (Fsp3) is 0.556. The summed E-state index contributed by atoms with van der Waals surface area (Å²) in [6.07, 6.45) is 4.47. The standard InChI is InChI=1S/C18H25N3O3/c1-3-19-18(23)21-10-8-20(9-11-21)17(22)7-5-14-4-6-16(24-14)15-12-13(15)2/h4-7,13,15H,3,8-12H2,1-2H3,(H,19,23)/b7-5+. The van der Waals surface area contributed by atoms with E-state index in [1.165, 1.54) is 6.42 Å². The van der Waals surface area contributed by atoms with Gasteiger partial charge in [0.05, 0.1) is 0 Å². The van der Waals surface area contributed by atoms with Crippen molar-refractivity contribution in [3.63, 3.8) is 0 Å². The lowest BCUT2D eigenvalue weighted by molar-refractivity contribution is -0.127. The minimum Gasteiger partial charge on any atom is -0.461 e. The highest BCUT2D eigenvalue weighted by atomic mass is 16.3. The highest BCUT2D eigenvalue weighted by Gasteiger charge is 2.36. The van der Waals surface area contributed by atoms with Crippen LogP contribution < -0.4 is 5.32 Å². The van der Waals surface area contributed by atoms with E-state index in [1.807, 2.05) is 19.1 Å². The Balaban J connectivity index is 1.49. The second-order valence-electron chi connectivity index (χ2n) is 6.54. The van der Waals surface area contributed by atoms with E-state index in [0.29, 0.717) is 44.6 Å². The van der Waals surface area contributed by atoms with Crippen LogP contribution in [-0.2, 0) is 4.79 Å². The predicted molar refractivity (Wildman–Crippen MR) is 91.5 cm³/mol. The van der Waals surface area contributed by atoms with Gasteiger partial charge in [-0.3, -0.25) is 4.79 Å². The molecule has 1 saturated carbocycles.